The van der Waals surface area contributed by atoms with Gasteiger partial charge in [0, 0.05) is 69.0 Å². The normalized spacial score (nSPS) is 21.3. The van der Waals surface area contributed by atoms with E-state index in [1.54, 1.807) is 56.3 Å². The van der Waals surface area contributed by atoms with E-state index in [0.717, 1.165) is 42.8 Å². The summed E-state index contributed by atoms with van der Waals surface area (Å²) in [6.45, 7) is 2.96. The molecule has 2 aliphatic heterocycles. The third kappa shape index (κ3) is 20.7. The van der Waals surface area contributed by atoms with Crippen LogP contribution in [0.5, 0.6) is 5.75 Å². The number of H-pyrrole nitrogens is 2. The molecule has 96 heavy (non-hydrogen) atoms. The fraction of sp³-hybridized carbons (Fsp3) is 0.406. The molecular weight excluding hydrogens is 1300 g/mol. The number of aliphatic hydroxyl groups excluding tert-OH is 2. The third-order valence-corrected chi connectivity index (χ3v) is 18.7. The molecule has 0 radical (unpaired) electrons. The molecule has 32 heteroatoms. The van der Waals surface area contributed by atoms with Crippen LogP contribution in [0.3, 0.4) is 0 Å². The first kappa shape index (κ1) is 72.7. The van der Waals surface area contributed by atoms with Crippen molar-refractivity contribution < 1.29 is 68.4 Å². The second kappa shape index (κ2) is 34.5. The quantitative estimate of drug-likeness (QED) is 0.0269. The van der Waals surface area contributed by atoms with Crippen molar-refractivity contribution in [2.45, 2.75) is 138 Å². The minimum atomic E-state index is -2.25. The zero-order valence-corrected chi connectivity index (χ0v) is 54.7. The van der Waals surface area contributed by atoms with Gasteiger partial charge in [-0.3, -0.25) is 47.9 Å². The first-order chi connectivity index (χ1) is 45.9. The number of phenolic OH excluding ortho intramolecular Hbond substituents is 1. The molecule has 2 saturated heterocycles. The van der Waals surface area contributed by atoms with Crippen LogP contribution >= 0.6 is 33.2 Å². The molecule has 4 heterocycles. The topological polar surface area (TPSA) is 460 Å². The lowest BCUT2D eigenvalue weighted by Crippen LogP contribution is -2.61. The number of imidazole rings is 2. The molecule has 29 nitrogen and oxygen atoms in total. The molecule has 18 N–H and O–H groups in total. The number of hydrogen-bond acceptors (Lipinski definition) is 19. The molecule has 0 spiro atoms. The standard InChI is InChI=1S/C64H78ClN15O14S2/c1-33(2)17-45-57(87)78-50(62(92)75-48(23-39-27-69-32-71-39)59(89)72-44(55(67)85)21-37-13-8-12-36-11-6-7-14-41(36)37)29-95-96-30-51(79-60(90)47(22-38-26-68-31-70-38)73-56(86)43(66)19-34-9-4-3-5-10-34)64(94)80-28-40(81)24-52(80)63(93)77-46(20-35-15-16-53(82)42(65)18-35)58(88)76-49(25-54(83)84)61(91)74-45/h3-16,18,26-27,31-33,40,43-52,54,81-84H,17,19-25,28-30,66H2,1-2H3,(H2,67,85)(H,68,70)(H,69,71)(H,72,89)(H,73,86)(H,74,91)(H,75,92)(H,76,88)(H,77,93)(H,78,87)(H,79,90)/t40?,43-,44-,45-,46-,47-,48-,49-,50-,51-,52-/m0/s1. The van der Waals surface area contributed by atoms with Crippen LogP contribution in [0.4, 0.5) is 0 Å². The maximum atomic E-state index is 15.3. The van der Waals surface area contributed by atoms with E-state index >= 15 is 9.59 Å². The molecule has 10 amide bonds. The highest BCUT2D eigenvalue weighted by Gasteiger charge is 2.44. The summed E-state index contributed by atoms with van der Waals surface area (Å²) in [7, 11) is 1.81. The van der Waals surface area contributed by atoms with Crippen LogP contribution in [0.15, 0.2) is 116 Å². The summed E-state index contributed by atoms with van der Waals surface area (Å²) >= 11 is 6.27. The van der Waals surface area contributed by atoms with Crippen molar-refractivity contribution in [2.75, 3.05) is 18.1 Å². The lowest BCUT2D eigenvalue weighted by atomic mass is 9.98. The van der Waals surface area contributed by atoms with Crippen molar-refractivity contribution >= 4 is 103 Å². The largest absolute Gasteiger partial charge is 0.506 e. The van der Waals surface area contributed by atoms with Crippen LogP contribution in [0, 0.1) is 5.92 Å². The van der Waals surface area contributed by atoms with Gasteiger partial charge in [0.05, 0.1) is 41.2 Å². The van der Waals surface area contributed by atoms with Gasteiger partial charge in [-0.05, 0) is 58.4 Å². The SMILES string of the molecule is CC(C)C[C@@H]1NC(=O)[C@H](CC(O)O)NC(=O)[C@H](Cc2ccc(O)c(Cl)c2)NC(=O)[C@@H]2CC(O)CN2C(=O)[C@@H](NC(=O)[C@H](Cc2c[nH]cn2)NC(=O)[C@@H](N)Cc2ccccc2)CSSC[C@@H](C(=O)N[C@@H](Cc2c[nH]cn2)C(=O)N[C@@H](Cc2cccc3ccccc23)C(N)=O)NC1=O. The summed E-state index contributed by atoms with van der Waals surface area (Å²) in [5.41, 5.74) is 14.6. The highest BCUT2D eigenvalue weighted by Crippen LogP contribution is 2.28. The number of halogens is 1. The number of aromatic hydroxyl groups is 1. The second-order valence-corrected chi connectivity index (χ2v) is 26.8. The molecule has 2 aliphatic rings. The van der Waals surface area contributed by atoms with E-state index < -0.39 is 158 Å². The molecule has 0 saturated carbocycles. The number of fused-ring (bicyclic) bond motifs is 2. The van der Waals surface area contributed by atoms with Crippen molar-refractivity contribution in [3.8, 4) is 5.75 Å². The van der Waals surface area contributed by atoms with E-state index in [1.165, 1.54) is 43.2 Å². The van der Waals surface area contributed by atoms with Gasteiger partial charge in [0.1, 0.15) is 60.1 Å². The van der Waals surface area contributed by atoms with Gasteiger partial charge in [0.25, 0.3) is 0 Å². The number of carbonyl (C=O) groups excluding carboxylic acids is 10. The number of aliphatic hydroxyl groups is 3. The van der Waals surface area contributed by atoms with Crippen LogP contribution in [-0.2, 0) is 80.0 Å². The molecule has 8 rings (SSSR count). The summed E-state index contributed by atoms with van der Waals surface area (Å²) in [4.78, 5) is 160. The average molecular weight is 1380 g/mol. The molecule has 0 aliphatic carbocycles. The number of amides is 10. The van der Waals surface area contributed by atoms with E-state index in [2.05, 4.69) is 62.5 Å². The molecule has 2 aromatic heterocycles. The van der Waals surface area contributed by atoms with Gasteiger partial charge in [-0.1, -0.05) is 126 Å². The summed E-state index contributed by atoms with van der Waals surface area (Å²) < 4.78 is 0. The third-order valence-electron chi connectivity index (χ3n) is 16.0. The molecule has 2 fully saturated rings. The summed E-state index contributed by atoms with van der Waals surface area (Å²) in [5, 5.41) is 64.8. The molecule has 512 valence electrons. The van der Waals surface area contributed by atoms with Crippen LogP contribution in [0.25, 0.3) is 10.8 Å². The van der Waals surface area contributed by atoms with Gasteiger partial charge in [-0.15, -0.1) is 0 Å². The number of rotatable bonds is 23. The zero-order valence-electron chi connectivity index (χ0n) is 52.3. The number of aromatic nitrogens is 4. The van der Waals surface area contributed by atoms with Gasteiger partial charge in [-0.2, -0.15) is 0 Å². The number of hydrogen-bond donors (Lipinski definition) is 16. The predicted molar refractivity (Wildman–Crippen MR) is 355 cm³/mol. The van der Waals surface area contributed by atoms with Gasteiger partial charge >= 0.3 is 0 Å². The van der Waals surface area contributed by atoms with Gasteiger partial charge in [-0.25, -0.2) is 9.97 Å². The van der Waals surface area contributed by atoms with Crippen LogP contribution in [0.1, 0.15) is 61.2 Å². The Morgan fingerprint density at radius 2 is 1.28 bits per heavy atom. The first-order valence-electron chi connectivity index (χ1n) is 30.9. The van der Waals surface area contributed by atoms with Crippen LogP contribution < -0.4 is 54.0 Å². The Balaban J connectivity index is 1.15. The summed E-state index contributed by atoms with van der Waals surface area (Å²) in [5.74, 6) is -10.9. The fourth-order valence-corrected chi connectivity index (χ4v) is 13.6. The Bertz CT molecular complexity index is 3700. The number of benzene rings is 4. The highest BCUT2D eigenvalue weighted by molar-refractivity contribution is 8.76. The average Bonchev–Trinajstić information content (AvgIpc) is 1.47. The number of aromatic amines is 2. The summed E-state index contributed by atoms with van der Waals surface area (Å²) in [6, 6.07) is 10.4. The molecule has 4 aromatic carbocycles. The number of phenols is 1. The number of nitrogens with zero attached hydrogens (tertiary/aromatic N) is 3. The van der Waals surface area contributed by atoms with Crippen molar-refractivity contribution in [1.29, 1.82) is 0 Å². The maximum absolute atomic E-state index is 15.3. The van der Waals surface area contributed by atoms with Crippen LogP contribution in [0.2, 0.25) is 5.02 Å². The number of carbonyl (C=O) groups is 10. The molecule has 11 atom stereocenters. The Morgan fingerprint density at radius 3 is 1.93 bits per heavy atom. The van der Waals surface area contributed by atoms with Crippen molar-refractivity contribution in [1.82, 2.24) is 67.4 Å². The van der Waals surface area contributed by atoms with Crippen molar-refractivity contribution in [2.24, 2.45) is 17.4 Å². The van der Waals surface area contributed by atoms with E-state index in [9.17, 15) is 58.8 Å². The molecule has 0 bridgehead atoms. The lowest BCUT2D eigenvalue weighted by molar-refractivity contribution is -0.142. The second-order valence-electron chi connectivity index (χ2n) is 23.9. The first-order valence-corrected chi connectivity index (χ1v) is 33.8. The number of nitrogens with one attached hydrogen (secondary N) is 10. The Labute approximate surface area is 564 Å². The summed E-state index contributed by atoms with van der Waals surface area (Å²) in [6.07, 6.45) is -0.150. The molecule has 1 unspecified atom stereocenters. The van der Waals surface area contributed by atoms with Gasteiger partial charge in [0.2, 0.25) is 59.1 Å². The Kier molecular flexibility index (Phi) is 26.2. The Morgan fingerprint density at radius 1 is 0.677 bits per heavy atom. The Hall–Kier alpha value is -9.11. The number of primary amides is 1. The zero-order chi connectivity index (χ0) is 69.2. The van der Waals surface area contributed by atoms with Crippen molar-refractivity contribution in [3.05, 3.63) is 149 Å². The van der Waals surface area contributed by atoms with E-state index in [-0.39, 0.29) is 65.9 Å². The predicted octanol–water partition coefficient (Wildman–Crippen LogP) is -1.05. The number of nitrogens with two attached hydrogens (primary N) is 2. The van der Waals surface area contributed by atoms with E-state index in [4.69, 9.17) is 23.1 Å². The lowest BCUT2D eigenvalue weighted by Gasteiger charge is -2.31. The maximum Gasteiger partial charge on any atom is 0.246 e. The van der Waals surface area contributed by atoms with Gasteiger partial charge in [0.15, 0.2) is 6.29 Å². The van der Waals surface area contributed by atoms with Gasteiger partial charge < -0.3 is 89.3 Å². The minimum absolute atomic E-state index is 0.0446. The molecule has 6 aromatic rings. The monoisotopic (exact) mass is 1380 g/mol. The minimum Gasteiger partial charge on any atom is -0.506 e. The van der Waals surface area contributed by atoms with Crippen LogP contribution in [-0.4, -0.2) is 195 Å². The fourth-order valence-electron chi connectivity index (χ4n) is 11.1. The molecular formula is C64H78ClN15O14S2. The van der Waals surface area contributed by atoms with E-state index in [1.807, 2.05) is 30.3 Å². The highest BCUT2D eigenvalue weighted by atomic mass is 35.5. The van der Waals surface area contributed by atoms with Crippen molar-refractivity contribution in [3.63, 3.8) is 0 Å². The van der Waals surface area contributed by atoms with E-state index in [0.29, 0.717) is 17.0 Å². The smallest absolute Gasteiger partial charge is 0.246 e.